The molecule has 0 atom stereocenters. The summed E-state index contributed by atoms with van der Waals surface area (Å²) >= 11 is 6.05. The van der Waals surface area contributed by atoms with Crippen molar-refractivity contribution in [2.45, 2.75) is 26.4 Å². The minimum atomic E-state index is -0.264. The van der Waals surface area contributed by atoms with Gasteiger partial charge in [0.05, 0.1) is 18.1 Å². The van der Waals surface area contributed by atoms with E-state index < -0.39 is 0 Å². The van der Waals surface area contributed by atoms with Crippen LogP contribution in [0.3, 0.4) is 0 Å². The van der Waals surface area contributed by atoms with Gasteiger partial charge in [-0.05, 0) is 6.42 Å². The number of halogens is 1. The number of anilines is 1. The van der Waals surface area contributed by atoms with E-state index >= 15 is 0 Å². The molecule has 2 aromatic rings. The molecule has 2 heterocycles. The van der Waals surface area contributed by atoms with Gasteiger partial charge in [0.15, 0.2) is 0 Å². The minimum Gasteiger partial charge on any atom is -0.378 e. The van der Waals surface area contributed by atoms with Crippen molar-refractivity contribution in [3.8, 4) is 0 Å². The fraction of sp³-hybridized carbons (Fsp3) is 0.417. The second-order valence-corrected chi connectivity index (χ2v) is 4.65. The van der Waals surface area contributed by atoms with Crippen LogP contribution >= 0.6 is 11.6 Å². The maximum atomic E-state index is 11.9. The Morgan fingerprint density at radius 1 is 1.37 bits per heavy atom. The molecule has 19 heavy (non-hydrogen) atoms. The Balaban J connectivity index is 2.13. The minimum absolute atomic E-state index is 0.173. The monoisotopic (exact) mass is 281 g/mol. The summed E-state index contributed by atoms with van der Waals surface area (Å²) in [4.78, 5) is 11.9. The van der Waals surface area contributed by atoms with Crippen molar-refractivity contribution < 1.29 is 0 Å². The average Bonchev–Trinajstić information content (AvgIpc) is 2.80. The van der Waals surface area contributed by atoms with E-state index in [9.17, 15) is 4.79 Å². The Kier molecular flexibility index (Phi) is 4.21. The van der Waals surface area contributed by atoms with E-state index in [0.29, 0.717) is 18.8 Å². The highest BCUT2D eigenvalue weighted by molar-refractivity contribution is 6.32. The molecule has 102 valence electrons. The van der Waals surface area contributed by atoms with Gasteiger partial charge in [0.2, 0.25) is 0 Å². The summed E-state index contributed by atoms with van der Waals surface area (Å²) < 4.78 is 3.09. The molecular formula is C12H16ClN5O. The van der Waals surface area contributed by atoms with Crippen LogP contribution in [0, 0.1) is 0 Å². The third-order valence-corrected chi connectivity index (χ3v) is 3.03. The molecule has 0 aliphatic heterocycles. The molecule has 0 aliphatic carbocycles. The van der Waals surface area contributed by atoms with Crippen LogP contribution in [-0.4, -0.2) is 19.6 Å². The van der Waals surface area contributed by atoms with E-state index in [1.165, 1.54) is 4.68 Å². The first-order chi connectivity index (χ1) is 9.11. The standard InChI is InChI=1S/C12H16ClN5O/c1-3-4-18-12(19)11(13)10(7-16-18)14-5-9-6-15-17(2)8-9/h6-8,14H,3-5H2,1-2H3. The Morgan fingerprint density at radius 3 is 2.79 bits per heavy atom. The van der Waals surface area contributed by atoms with Crippen LogP contribution in [0.2, 0.25) is 5.02 Å². The molecule has 0 radical (unpaired) electrons. The molecule has 2 rings (SSSR count). The second kappa shape index (κ2) is 5.88. The van der Waals surface area contributed by atoms with E-state index in [-0.39, 0.29) is 10.6 Å². The van der Waals surface area contributed by atoms with E-state index in [0.717, 1.165) is 12.0 Å². The smallest absolute Gasteiger partial charge is 0.287 e. The lowest BCUT2D eigenvalue weighted by Gasteiger charge is -2.08. The Hall–Kier alpha value is -1.82. The van der Waals surface area contributed by atoms with Crippen molar-refractivity contribution in [1.29, 1.82) is 0 Å². The quantitative estimate of drug-likeness (QED) is 0.905. The van der Waals surface area contributed by atoms with Crippen LogP contribution < -0.4 is 10.9 Å². The van der Waals surface area contributed by atoms with E-state index in [2.05, 4.69) is 15.5 Å². The molecule has 0 saturated heterocycles. The van der Waals surface area contributed by atoms with E-state index in [1.54, 1.807) is 17.1 Å². The van der Waals surface area contributed by atoms with Crippen LogP contribution in [0.5, 0.6) is 0 Å². The summed E-state index contributed by atoms with van der Waals surface area (Å²) in [7, 11) is 1.85. The highest BCUT2D eigenvalue weighted by atomic mass is 35.5. The van der Waals surface area contributed by atoms with Crippen molar-refractivity contribution in [3.05, 3.63) is 39.5 Å². The predicted octanol–water partition coefficient (Wildman–Crippen LogP) is 1.65. The molecule has 7 heteroatoms. The molecular weight excluding hydrogens is 266 g/mol. The summed E-state index contributed by atoms with van der Waals surface area (Å²) in [6.07, 6.45) is 6.07. The zero-order valence-electron chi connectivity index (χ0n) is 10.9. The van der Waals surface area contributed by atoms with Crippen molar-refractivity contribution in [2.75, 3.05) is 5.32 Å². The van der Waals surface area contributed by atoms with Gasteiger partial charge in [-0.1, -0.05) is 18.5 Å². The zero-order valence-corrected chi connectivity index (χ0v) is 11.7. The number of rotatable bonds is 5. The first-order valence-corrected chi connectivity index (χ1v) is 6.46. The lowest BCUT2D eigenvalue weighted by Crippen LogP contribution is -2.24. The summed E-state index contributed by atoms with van der Waals surface area (Å²) in [6.45, 7) is 3.10. The number of aryl methyl sites for hydroxylation is 2. The van der Waals surface area contributed by atoms with Gasteiger partial charge in [0.1, 0.15) is 5.02 Å². The topological polar surface area (TPSA) is 64.7 Å². The van der Waals surface area contributed by atoms with Crippen molar-refractivity contribution in [2.24, 2.45) is 7.05 Å². The van der Waals surface area contributed by atoms with Gasteiger partial charge in [0, 0.05) is 31.9 Å². The summed E-state index contributed by atoms with van der Waals surface area (Å²) in [5.74, 6) is 0. The maximum absolute atomic E-state index is 11.9. The van der Waals surface area contributed by atoms with Gasteiger partial charge in [-0.15, -0.1) is 0 Å². The van der Waals surface area contributed by atoms with Crippen LogP contribution in [0.25, 0.3) is 0 Å². The Bertz CT molecular complexity index is 619. The van der Waals surface area contributed by atoms with Crippen LogP contribution in [0.15, 0.2) is 23.4 Å². The third-order valence-electron chi connectivity index (χ3n) is 2.66. The van der Waals surface area contributed by atoms with E-state index in [1.807, 2.05) is 20.2 Å². The first-order valence-electron chi connectivity index (χ1n) is 6.08. The Labute approximate surface area is 116 Å². The predicted molar refractivity (Wildman–Crippen MR) is 74.3 cm³/mol. The number of nitrogens with zero attached hydrogens (tertiary/aromatic N) is 4. The molecule has 0 saturated carbocycles. The summed E-state index contributed by atoms with van der Waals surface area (Å²) in [5.41, 5.74) is 1.29. The van der Waals surface area contributed by atoms with E-state index in [4.69, 9.17) is 11.6 Å². The third kappa shape index (κ3) is 3.14. The van der Waals surface area contributed by atoms with Crippen LogP contribution in [0.1, 0.15) is 18.9 Å². The van der Waals surface area contributed by atoms with Gasteiger partial charge in [-0.2, -0.15) is 10.2 Å². The molecule has 0 unspecified atom stereocenters. The summed E-state index contributed by atoms with van der Waals surface area (Å²) in [5, 5.41) is 11.4. The lowest BCUT2D eigenvalue weighted by molar-refractivity contribution is 0.568. The van der Waals surface area contributed by atoms with Gasteiger partial charge < -0.3 is 5.32 Å². The molecule has 0 bridgehead atoms. The van der Waals surface area contributed by atoms with Gasteiger partial charge in [-0.3, -0.25) is 9.48 Å². The molecule has 0 aliphatic rings. The molecule has 2 aromatic heterocycles. The fourth-order valence-corrected chi connectivity index (χ4v) is 1.93. The van der Waals surface area contributed by atoms with Gasteiger partial charge >= 0.3 is 0 Å². The molecule has 6 nitrogen and oxygen atoms in total. The molecule has 1 N–H and O–H groups in total. The normalized spacial score (nSPS) is 10.7. The number of hydrogen-bond acceptors (Lipinski definition) is 4. The lowest BCUT2D eigenvalue weighted by atomic mass is 10.3. The summed E-state index contributed by atoms with van der Waals surface area (Å²) in [6, 6.07) is 0. The second-order valence-electron chi connectivity index (χ2n) is 4.28. The van der Waals surface area contributed by atoms with Crippen LogP contribution in [0.4, 0.5) is 5.69 Å². The number of aromatic nitrogens is 4. The van der Waals surface area contributed by atoms with Gasteiger partial charge in [-0.25, -0.2) is 4.68 Å². The number of hydrogen-bond donors (Lipinski definition) is 1. The highest BCUT2D eigenvalue weighted by Gasteiger charge is 2.08. The van der Waals surface area contributed by atoms with Crippen LogP contribution in [-0.2, 0) is 20.1 Å². The largest absolute Gasteiger partial charge is 0.378 e. The maximum Gasteiger partial charge on any atom is 0.287 e. The molecule has 0 spiro atoms. The average molecular weight is 282 g/mol. The molecule has 0 aromatic carbocycles. The van der Waals surface area contributed by atoms with Crippen molar-refractivity contribution in [3.63, 3.8) is 0 Å². The fourth-order valence-electron chi connectivity index (χ4n) is 1.72. The van der Waals surface area contributed by atoms with Crippen molar-refractivity contribution >= 4 is 17.3 Å². The van der Waals surface area contributed by atoms with Gasteiger partial charge in [0.25, 0.3) is 5.56 Å². The Morgan fingerprint density at radius 2 is 2.16 bits per heavy atom. The van der Waals surface area contributed by atoms with Crippen molar-refractivity contribution in [1.82, 2.24) is 19.6 Å². The first kappa shape index (κ1) is 13.6. The highest BCUT2D eigenvalue weighted by Crippen LogP contribution is 2.16. The molecule has 0 fully saturated rings. The zero-order chi connectivity index (χ0) is 13.8. The SMILES string of the molecule is CCCn1ncc(NCc2cnn(C)c2)c(Cl)c1=O. The molecule has 0 amide bonds. The number of nitrogens with one attached hydrogen (secondary N) is 1.